The van der Waals surface area contributed by atoms with Gasteiger partial charge in [-0.25, -0.2) is 0 Å². The first-order valence-electron chi connectivity index (χ1n) is 12.1. The van der Waals surface area contributed by atoms with Crippen molar-refractivity contribution in [2.75, 3.05) is 19.7 Å². The summed E-state index contributed by atoms with van der Waals surface area (Å²) in [6.07, 6.45) is 5.69. The molecule has 178 valence electrons. The SMILES string of the molecule is CC1CCC(NC(=O)C2(CCOc3ccccc3)CCN(Cc3ccc(O)c(Cl)c3)CC2)C1. The van der Waals surface area contributed by atoms with Crippen molar-refractivity contribution in [3.63, 3.8) is 0 Å². The first-order chi connectivity index (χ1) is 15.9. The van der Waals surface area contributed by atoms with Crippen LogP contribution in [0.15, 0.2) is 48.5 Å². The molecule has 0 spiro atoms. The molecule has 2 aromatic rings. The molecule has 1 heterocycles. The number of benzene rings is 2. The zero-order chi connectivity index (χ0) is 23.3. The molecule has 1 aliphatic heterocycles. The van der Waals surface area contributed by atoms with Gasteiger partial charge in [0.15, 0.2) is 0 Å². The number of phenols is 1. The number of hydrogen-bond acceptors (Lipinski definition) is 4. The molecular weight excluding hydrogens is 436 g/mol. The Balaban J connectivity index is 1.39. The van der Waals surface area contributed by atoms with Crippen LogP contribution < -0.4 is 10.1 Å². The smallest absolute Gasteiger partial charge is 0.226 e. The fraction of sp³-hybridized carbons (Fsp3) is 0.519. The van der Waals surface area contributed by atoms with E-state index in [4.69, 9.17) is 16.3 Å². The molecule has 4 rings (SSSR count). The Bertz CT molecular complexity index is 928. The van der Waals surface area contributed by atoms with E-state index in [2.05, 4.69) is 17.1 Å². The molecule has 2 N–H and O–H groups in total. The zero-order valence-corrected chi connectivity index (χ0v) is 20.2. The maximum atomic E-state index is 13.5. The lowest BCUT2D eigenvalue weighted by Gasteiger charge is -2.41. The van der Waals surface area contributed by atoms with E-state index < -0.39 is 5.41 Å². The van der Waals surface area contributed by atoms with Crippen LogP contribution in [-0.4, -0.2) is 41.7 Å². The van der Waals surface area contributed by atoms with E-state index in [1.807, 2.05) is 42.5 Å². The first kappa shape index (κ1) is 23.9. The van der Waals surface area contributed by atoms with Crippen molar-refractivity contribution >= 4 is 17.5 Å². The average molecular weight is 471 g/mol. The summed E-state index contributed by atoms with van der Waals surface area (Å²) < 4.78 is 5.99. The first-order valence-corrected chi connectivity index (χ1v) is 12.5. The number of para-hydroxylation sites is 1. The molecule has 1 amide bonds. The number of rotatable bonds is 8. The highest BCUT2D eigenvalue weighted by molar-refractivity contribution is 6.32. The molecule has 2 aromatic carbocycles. The Morgan fingerprint density at radius 1 is 1.18 bits per heavy atom. The van der Waals surface area contributed by atoms with Crippen LogP contribution >= 0.6 is 11.6 Å². The van der Waals surface area contributed by atoms with Gasteiger partial charge in [0.1, 0.15) is 11.5 Å². The molecule has 0 aromatic heterocycles. The van der Waals surface area contributed by atoms with E-state index in [0.717, 1.165) is 63.1 Å². The van der Waals surface area contributed by atoms with E-state index in [1.165, 1.54) is 6.42 Å². The molecule has 2 fully saturated rings. The average Bonchev–Trinajstić information content (AvgIpc) is 3.22. The van der Waals surface area contributed by atoms with Crippen LogP contribution in [0.2, 0.25) is 5.02 Å². The Morgan fingerprint density at radius 2 is 1.94 bits per heavy atom. The number of phenolic OH excluding ortho intramolecular Hbond substituents is 1. The predicted octanol–water partition coefficient (Wildman–Crippen LogP) is 5.40. The largest absolute Gasteiger partial charge is 0.506 e. The summed E-state index contributed by atoms with van der Waals surface area (Å²) in [5.41, 5.74) is 0.672. The van der Waals surface area contributed by atoms with Gasteiger partial charge in [0.2, 0.25) is 5.91 Å². The third-order valence-electron chi connectivity index (χ3n) is 7.34. The zero-order valence-electron chi connectivity index (χ0n) is 19.4. The quantitative estimate of drug-likeness (QED) is 0.542. The van der Waals surface area contributed by atoms with Gasteiger partial charge in [-0.3, -0.25) is 9.69 Å². The molecule has 0 radical (unpaired) electrons. The van der Waals surface area contributed by atoms with E-state index in [0.29, 0.717) is 23.6 Å². The minimum absolute atomic E-state index is 0.106. The molecule has 1 saturated carbocycles. The number of hydrogen-bond donors (Lipinski definition) is 2. The lowest BCUT2D eigenvalue weighted by atomic mass is 9.74. The van der Waals surface area contributed by atoms with Crippen LogP contribution in [0.3, 0.4) is 0 Å². The monoisotopic (exact) mass is 470 g/mol. The summed E-state index contributed by atoms with van der Waals surface area (Å²) in [6, 6.07) is 15.5. The van der Waals surface area contributed by atoms with Gasteiger partial charge in [-0.05, 0) is 87.4 Å². The highest BCUT2D eigenvalue weighted by atomic mass is 35.5. The van der Waals surface area contributed by atoms with Crippen molar-refractivity contribution in [1.29, 1.82) is 0 Å². The van der Waals surface area contributed by atoms with E-state index in [-0.39, 0.29) is 11.7 Å². The molecule has 2 unspecified atom stereocenters. The molecule has 1 saturated heterocycles. The lowest BCUT2D eigenvalue weighted by Crippen LogP contribution is -2.51. The number of piperidine rings is 1. The standard InChI is InChI=1S/C27H35ClN2O3/c1-20-7-9-22(17-20)29-26(32)27(13-16-33-23-5-3-2-4-6-23)11-14-30(15-12-27)19-21-8-10-25(31)24(28)18-21/h2-6,8,10,18,20,22,31H,7,9,11-17,19H2,1H3,(H,29,32). The topological polar surface area (TPSA) is 61.8 Å². The van der Waals surface area contributed by atoms with Gasteiger partial charge in [-0.2, -0.15) is 0 Å². The van der Waals surface area contributed by atoms with Crippen molar-refractivity contribution < 1.29 is 14.6 Å². The van der Waals surface area contributed by atoms with Crippen LogP contribution in [0.4, 0.5) is 0 Å². The number of ether oxygens (including phenoxy) is 1. The summed E-state index contributed by atoms with van der Waals surface area (Å²) in [4.78, 5) is 15.9. The van der Waals surface area contributed by atoms with Crippen LogP contribution in [0.25, 0.3) is 0 Å². The Hall–Kier alpha value is -2.24. The van der Waals surface area contributed by atoms with Crippen molar-refractivity contribution in [2.24, 2.45) is 11.3 Å². The number of amides is 1. The number of likely N-dealkylation sites (tertiary alicyclic amines) is 1. The highest BCUT2D eigenvalue weighted by Crippen LogP contribution is 2.37. The Kier molecular flexibility index (Phi) is 7.82. The van der Waals surface area contributed by atoms with Crippen molar-refractivity contribution in [1.82, 2.24) is 10.2 Å². The molecule has 0 bridgehead atoms. The number of nitrogens with zero attached hydrogens (tertiary/aromatic N) is 1. The summed E-state index contributed by atoms with van der Waals surface area (Å²) in [5, 5.41) is 13.4. The van der Waals surface area contributed by atoms with Gasteiger partial charge in [-0.1, -0.05) is 42.8 Å². The van der Waals surface area contributed by atoms with Gasteiger partial charge in [0, 0.05) is 12.6 Å². The second kappa shape index (κ2) is 10.8. The molecule has 1 aliphatic carbocycles. The second-order valence-electron chi connectivity index (χ2n) is 9.84. The molecule has 2 atom stereocenters. The Morgan fingerprint density at radius 3 is 2.61 bits per heavy atom. The van der Waals surface area contributed by atoms with Crippen LogP contribution in [-0.2, 0) is 11.3 Å². The minimum Gasteiger partial charge on any atom is -0.506 e. The summed E-state index contributed by atoms with van der Waals surface area (Å²) in [5.74, 6) is 1.84. The van der Waals surface area contributed by atoms with Crippen molar-refractivity contribution in [2.45, 2.75) is 58.0 Å². The van der Waals surface area contributed by atoms with Gasteiger partial charge in [-0.15, -0.1) is 0 Å². The molecule has 6 heteroatoms. The third kappa shape index (κ3) is 6.21. The summed E-state index contributed by atoms with van der Waals surface area (Å²) in [7, 11) is 0. The molecule has 2 aliphatic rings. The fourth-order valence-corrected chi connectivity index (χ4v) is 5.40. The van der Waals surface area contributed by atoms with Gasteiger partial charge in [0.25, 0.3) is 0 Å². The van der Waals surface area contributed by atoms with Crippen LogP contribution in [0, 0.1) is 11.3 Å². The van der Waals surface area contributed by atoms with E-state index >= 15 is 0 Å². The fourth-order valence-electron chi connectivity index (χ4n) is 5.19. The maximum Gasteiger partial charge on any atom is 0.226 e. The van der Waals surface area contributed by atoms with Gasteiger partial charge in [0.05, 0.1) is 17.0 Å². The number of aromatic hydroxyl groups is 1. The van der Waals surface area contributed by atoms with Gasteiger partial charge < -0.3 is 15.2 Å². The summed E-state index contributed by atoms with van der Waals surface area (Å²) >= 11 is 6.08. The lowest BCUT2D eigenvalue weighted by molar-refractivity contribution is -0.135. The van der Waals surface area contributed by atoms with E-state index in [9.17, 15) is 9.90 Å². The number of carbonyl (C=O) groups is 1. The minimum atomic E-state index is -0.399. The normalized spacial score (nSPS) is 22.7. The second-order valence-corrected chi connectivity index (χ2v) is 10.2. The highest BCUT2D eigenvalue weighted by Gasteiger charge is 2.42. The van der Waals surface area contributed by atoms with E-state index in [1.54, 1.807) is 6.07 Å². The third-order valence-corrected chi connectivity index (χ3v) is 7.64. The molecule has 33 heavy (non-hydrogen) atoms. The molecular formula is C27H35ClN2O3. The number of halogens is 1. The Labute approximate surface area is 202 Å². The maximum absolute atomic E-state index is 13.5. The number of carbonyl (C=O) groups excluding carboxylic acids is 1. The molecule has 5 nitrogen and oxygen atoms in total. The van der Waals surface area contributed by atoms with Gasteiger partial charge >= 0.3 is 0 Å². The summed E-state index contributed by atoms with van der Waals surface area (Å²) in [6.45, 7) is 5.25. The predicted molar refractivity (Wildman–Crippen MR) is 132 cm³/mol. The van der Waals surface area contributed by atoms with Crippen molar-refractivity contribution in [3.8, 4) is 11.5 Å². The number of nitrogens with one attached hydrogen (secondary N) is 1. The van der Waals surface area contributed by atoms with Crippen molar-refractivity contribution in [3.05, 3.63) is 59.1 Å². The van der Waals surface area contributed by atoms with Crippen LogP contribution in [0.1, 0.15) is 51.0 Å². The van der Waals surface area contributed by atoms with Crippen LogP contribution in [0.5, 0.6) is 11.5 Å².